The van der Waals surface area contributed by atoms with Gasteiger partial charge in [-0.2, -0.15) is 0 Å². The molecule has 0 radical (unpaired) electrons. The summed E-state index contributed by atoms with van der Waals surface area (Å²) in [6.45, 7) is 6.65. The van der Waals surface area contributed by atoms with Gasteiger partial charge in [-0.25, -0.2) is 4.79 Å². The van der Waals surface area contributed by atoms with E-state index in [1.165, 1.54) is 5.69 Å². The first-order chi connectivity index (χ1) is 12.6. The summed E-state index contributed by atoms with van der Waals surface area (Å²) in [5.74, 6) is 2.48. The molecule has 0 bridgehead atoms. The fourth-order valence-electron chi connectivity index (χ4n) is 4.02. The van der Waals surface area contributed by atoms with Crippen LogP contribution in [0.25, 0.3) is 0 Å². The number of nitrogens with zero attached hydrogens (tertiary/aromatic N) is 3. The molecule has 0 aromatic carbocycles. The van der Waals surface area contributed by atoms with Gasteiger partial charge in [-0.15, -0.1) is 5.10 Å². The quantitative estimate of drug-likeness (QED) is 0.717. The summed E-state index contributed by atoms with van der Waals surface area (Å²) in [5, 5.41) is 11.2. The number of carbonyl (C=O) groups is 1. The van der Waals surface area contributed by atoms with E-state index in [2.05, 4.69) is 29.5 Å². The van der Waals surface area contributed by atoms with Gasteiger partial charge in [0.15, 0.2) is 0 Å². The Labute approximate surface area is 155 Å². The highest BCUT2D eigenvalue weighted by molar-refractivity contribution is 5.67. The van der Waals surface area contributed by atoms with Gasteiger partial charge in [0.05, 0.1) is 24.6 Å². The second-order valence-corrected chi connectivity index (χ2v) is 8.00. The molecular weight excluding hydrogens is 332 g/mol. The van der Waals surface area contributed by atoms with Crippen LogP contribution in [0.2, 0.25) is 0 Å². The van der Waals surface area contributed by atoms with Gasteiger partial charge >= 0.3 is 6.09 Å². The number of nitrogens with one attached hydrogen (secondary N) is 1. The van der Waals surface area contributed by atoms with Gasteiger partial charge in [0, 0.05) is 20.2 Å². The largest absolute Gasteiger partial charge is 0.449 e. The first-order valence-electron chi connectivity index (χ1n) is 9.92. The Balaban J connectivity index is 1.30. The Morgan fingerprint density at radius 1 is 1.27 bits per heavy atom. The van der Waals surface area contributed by atoms with Crippen LogP contribution < -0.4 is 5.32 Å². The van der Waals surface area contributed by atoms with Gasteiger partial charge in [0.2, 0.25) is 0 Å². The van der Waals surface area contributed by atoms with E-state index in [0.29, 0.717) is 43.4 Å². The average molecular weight is 364 g/mol. The van der Waals surface area contributed by atoms with Gasteiger partial charge in [-0.3, -0.25) is 4.68 Å². The van der Waals surface area contributed by atoms with Crippen molar-refractivity contribution in [2.75, 3.05) is 26.4 Å². The Morgan fingerprint density at radius 3 is 2.81 bits per heavy atom. The smallest absolute Gasteiger partial charge is 0.407 e. The zero-order chi connectivity index (χ0) is 18.5. The van der Waals surface area contributed by atoms with E-state index in [1.54, 1.807) is 0 Å². The zero-order valence-electron chi connectivity index (χ0n) is 16.2. The van der Waals surface area contributed by atoms with Gasteiger partial charge in [-0.05, 0) is 55.8 Å². The molecule has 1 aromatic rings. The Hall–Kier alpha value is -1.63. The molecular formula is C19H32N4O3. The maximum atomic E-state index is 11.8. The molecule has 1 amide bonds. The zero-order valence-corrected chi connectivity index (χ0v) is 16.2. The van der Waals surface area contributed by atoms with Crippen LogP contribution in [0.5, 0.6) is 0 Å². The predicted octanol–water partition coefficient (Wildman–Crippen LogP) is 2.34. The second-order valence-electron chi connectivity index (χ2n) is 8.00. The number of carbonyl (C=O) groups excluding carboxylic acids is 1. The molecule has 0 spiro atoms. The van der Waals surface area contributed by atoms with Crippen molar-refractivity contribution in [1.82, 2.24) is 20.3 Å². The standard InChI is InChI=1S/C19H32N4O3/c1-13(2)8-10-25-11-9-20-19(24)26-12-16-14-4-6-17-18(7-5-15(14)16)23(3)22-21-17/h13-16H,4-12H2,1-3H3,(H,20,24). The normalized spacial score (nSPS) is 24.4. The number of aromatic nitrogens is 3. The van der Waals surface area contributed by atoms with Crippen LogP contribution in [0.1, 0.15) is 44.5 Å². The highest BCUT2D eigenvalue weighted by Crippen LogP contribution is 2.52. The topological polar surface area (TPSA) is 78.3 Å². The minimum Gasteiger partial charge on any atom is -0.449 e. The molecule has 3 rings (SSSR count). The van der Waals surface area contributed by atoms with E-state index in [0.717, 1.165) is 44.4 Å². The fraction of sp³-hybridized carbons (Fsp3) is 0.842. The Bertz CT molecular complexity index is 602. The van der Waals surface area contributed by atoms with E-state index >= 15 is 0 Å². The Morgan fingerprint density at radius 2 is 2.04 bits per heavy atom. The summed E-state index contributed by atoms with van der Waals surface area (Å²) in [6, 6.07) is 0. The van der Waals surface area contributed by atoms with Crippen molar-refractivity contribution in [2.24, 2.45) is 30.7 Å². The number of rotatable bonds is 8. The molecule has 1 fully saturated rings. The van der Waals surface area contributed by atoms with Gasteiger partial charge in [0.25, 0.3) is 0 Å². The lowest BCUT2D eigenvalue weighted by Gasteiger charge is -2.08. The molecule has 0 saturated heterocycles. The molecule has 1 heterocycles. The van der Waals surface area contributed by atoms with Crippen LogP contribution >= 0.6 is 0 Å². The van der Waals surface area contributed by atoms with Crippen LogP contribution in [-0.4, -0.2) is 47.5 Å². The molecule has 2 aliphatic carbocycles. The summed E-state index contributed by atoms with van der Waals surface area (Å²) in [6.07, 6.45) is 4.99. The maximum Gasteiger partial charge on any atom is 0.407 e. The molecule has 7 heteroatoms. The third-order valence-electron chi connectivity index (χ3n) is 5.72. The van der Waals surface area contributed by atoms with Crippen molar-refractivity contribution in [2.45, 2.75) is 46.0 Å². The van der Waals surface area contributed by atoms with Crippen LogP contribution in [-0.2, 0) is 29.4 Å². The lowest BCUT2D eigenvalue weighted by atomic mass is 10.0. The van der Waals surface area contributed by atoms with Gasteiger partial charge < -0.3 is 14.8 Å². The van der Waals surface area contributed by atoms with Crippen molar-refractivity contribution in [3.63, 3.8) is 0 Å². The number of hydrogen-bond donors (Lipinski definition) is 1. The monoisotopic (exact) mass is 364 g/mol. The van der Waals surface area contributed by atoms with Crippen molar-refractivity contribution < 1.29 is 14.3 Å². The van der Waals surface area contributed by atoms with Crippen molar-refractivity contribution >= 4 is 6.09 Å². The van der Waals surface area contributed by atoms with E-state index < -0.39 is 0 Å². The molecule has 3 unspecified atom stereocenters. The first-order valence-corrected chi connectivity index (χ1v) is 9.92. The average Bonchev–Trinajstić information content (AvgIpc) is 3.12. The predicted molar refractivity (Wildman–Crippen MR) is 97.7 cm³/mol. The molecule has 0 aliphatic heterocycles. The minimum absolute atomic E-state index is 0.328. The second kappa shape index (κ2) is 8.84. The Kier molecular flexibility index (Phi) is 6.51. The molecule has 1 aromatic heterocycles. The lowest BCUT2D eigenvalue weighted by molar-refractivity contribution is 0.112. The van der Waals surface area contributed by atoms with Crippen LogP contribution in [0.15, 0.2) is 0 Å². The van der Waals surface area contributed by atoms with Crippen molar-refractivity contribution in [3.8, 4) is 0 Å². The van der Waals surface area contributed by atoms with Crippen LogP contribution in [0, 0.1) is 23.7 Å². The fourth-order valence-corrected chi connectivity index (χ4v) is 4.02. The molecule has 7 nitrogen and oxygen atoms in total. The number of aryl methyl sites for hydroxylation is 2. The summed E-state index contributed by atoms with van der Waals surface area (Å²) < 4.78 is 12.8. The summed E-state index contributed by atoms with van der Waals surface area (Å²) in [7, 11) is 1.97. The summed E-state index contributed by atoms with van der Waals surface area (Å²) in [4.78, 5) is 11.8. The molecule has 2 aliphatic rings. The van der Waals surface area contributed by atoms with Crippen molar-refractivity contribution in [3.05, 3.63) is 11.4 Å². The van der Waals surface area contributed by atoms with E-state index in [9.17, 15) is 4.79 Å². The summed E-state index contributed by atoms with van der Waals surface area (Å²) >= 11 is 0. The summed E-state index contributed by atoms with van der Waals surface area (Å²) in [5.41, 5.74) is 2.41. The molecule has 1 saturated carbocycles. The van der Waals surface area contributed by atoms with E-state index in [-0.39, 0.29) is 6.09 Å². The molecule has 1 N–H and O–H groups in total. The van der Waals surface area contributed by atoms with E-state index in [4.69, 9.17) is 9.47 Å². The molecule has 3 atom stereocenters. The third kappa shape index (κ3) is 4.96. The van der Waals surface area contributed by atoms with Crippen LogP contribution in [0.3, 0.4) is 0 Å². The maximum absolute atomic E-state index is 11.8. The van der Waals surface area contributed by atoms with Gasteiger partial charge in [-0.1, -0.05) is 19.1 Å². The number of hydrogen-bond acceptors (Lipinski definition) is 5. The third-order valence-corrected chi connectivity index (χ3v) is 5.72. The van der Waals surface area contributed by atoms with E-state index in [1.807, 2.05) is 11.7 Å². The molecule has 26 heavy (non-hydrogen) atoms. The lowest BCUT2D eigenvalue weighted by Crippen LogP contribution is -2.28. The minimum atomic E-state index is -0.328. The highest BCUT2D eigenvalue weighted by Gasteiger charge is 2.50. The SMILES string of the molecule is CC(C)CCOCCNC(=O)OCC1C2CCc3nnn(C)c3CCC21. The number of alkyl carbamates (subject to hydrolysis) is 1. The highest BCUT2D eigenvalue weighted by atomic mass is 16.5. The van der Waals surface area contributed by atoms with Crippen molar-refractivity contribution in [1.29, 1.82) is 0 Å². The number of amides is 1. The van der Waals surface area contributed by atoms with Gasteiger partial charge in [0.1, 0.15) is 0 Å². The number of fused-ring (bicyclic) bond motifs is 2. The van der Waals surface area contributed by atoms with Crippen LogP contribution in [0.4, 0.5) is 4.79 Å². The first kappa shape index (κ1) is 19.1. The number of ether oxygens (including phenoxy) is 2. The molecule has 146 valence electrons.